The zero-order valence-corrected chi connectivity index (χ0v) is 16.7. The van der Waals surface area contributed by atoms with E-state index in [9.17, 15) is 19.8 Å². The Hall–Kier alpha value is -3.09. The second-order valence-electron chi connectivity index (χ2n) is 6.82. The Labute approximate surface area is 164 Å². The van der Waals surface area contributed by atoms with Crippen molar-refractivity contribution in [3.05, 3.63) is 53.3 Å². The van der Waals surface area contributed by atoms with Crippen molar-refractivity contribution >= 4 is 11.9 Å². The minimum absolute atomic E-state index is 0.0980. The molecular weight excluding hydrogens is 360 g/mol. The van der Waals surface area contributed by atoms with Gasteiger partial charge >= 0.3 is 5.97 Å². The van der Waals surface area contributed by atoms with E-state index in [1.807, 2.05) is 38.1 Å². The number of aryl methyl sites for hydroxylation is 1. The van der Waals surface area contributed by atoms with Crippen LogP contribution in [0.25, 0.3) is 0 Å². The topological polar surface area (TPSA) is 100.0 Å². The lowest BCUT2D eigenvalue weighted by Gasteiger charge is -2.36. The van der Waals surface area contributed by atoms with Crippen molar-refractivity contribution in [2.24, 2.45) is 0 Å². The number of aromatic hydroxyl groups is 1. The Morgan fingerprint density at radius 2 is 1.79 bits per heavy atom. The Bertz CT molecular complexity index is 868. The fourth-order valence-electron chi connectivity index (χ4n) is 3.31. The number of pyridine rings is 1. The van der Waals surface area contributed by atoms with E-state index in [4.69, 9.17) is 4.74 Å². The first kappa shape index (κ1) is 21.2. The minimum Gasteiger partial charge on any atom is -0.503 e. The molecule has 0 spiro atoms. The molecule has 2 aromatic rings. The molecule has 1 aromatic heterocycles. The molecule has 0 aliphatic heterocycles. The number of aromatic nitrogens is 1. The summed E-state index contributed by atoms with van der Waals surface area (Å²) in [6.07, 6.45) is 1.34. The molecule has 28 heavy (non-hydrogen) atoms. The zero-order chi connectivity index (χ0) is 21.0. The largest absolute Gasteiger partial charge is 0.503 e. The number of amides is 1. The van der Waals surface area contributed by atoms with Gasteiger partial charge in [-0.15, -0.1) is 0 Å². The third kappa shape index (κ3) is 4.08. The van der Waals surface area contributed by atoms with Crippen LogP contribution in [-0.4, -0.2) is 51.2 Å². The van der Waals surface area contributed by atoms with Gasteiger partial charge in [0.2, 0.25) is 0 Å². The number of hydrogen-bond donors (Lipinski definition) is 2. The van der Waals surface area contributed by atoms with Crippen LogP contribution in [0.3, 0.4) is 0 Å². The van der Waals surface area contributed by atoms with Crippen molar-refractivity contribution in [2.75, 3.05) is 7.11 Å². The quantitative estimate of drug-likeness (QED) is 0.758. The first-order chi connectivity index (χ1) is 13.2. The molecule has 0 aliphatic rings. The lowest BCUT2D eigenvalue weighted by Crippen LogP contribution is -2.50. The number of carboxylic acid groups (broad SMARTS) is 1. The van der Waals surface area contributed by atoms with E-state index >= 15 is 0 Å². The summed E-state index contributed by atoms with van der Waals surface area (Å²) >= 11 is 0. The Morgan fingerprint density at radius 3 is 2.36 bits per heavy atom. The van der Waals surface area contributed by atoms with Gasteiger partial charge < -0.3 is 19.8 Å². The maximum absolute atomic E-state index is 13.2. The lowest BCUT2D eigenvalue weighted by atomic mass is 9.89. The normalized spacial score (nSPS) is 14.0. The van der Waals surface area contributed by atoms with Crippen LogP contribution in [0.15, 0.2) is 36.5 Å². The zero-order valence-electron chi connectivity index (χ0n) is 16.7. The Kier molecular flexibility index (Phi) is 6.62. The predicted molar refractivity (Wildman–Crippen MR) is 105 cm³/mol. The fraction of sp³-hybridized carbons (Fsp3) is 0.381. The Balaban J connectivity index is 2.49. The summed E-state index contributed by atoms with van der Waals surface area (Å²) in [6, 6.07) is 7.63. The summed E-state index contributed by atoms with van der Waals surface area (Å²) < 4.78 is 5.04. The minimum atomic E-state index is -1.14. The number of aliphatic carboxylic acids is 1. The van der Waals surface area contributed by atoms with Crippen LogP contribution < -0.4 is 4.74 Å². The third-order valence-corrected chi connectivity index (χ3v) is 5.16. The van der Waals surface area contributed by atoms with E-state index in [-0.39, 0.29) is 17.4 Å². The number of rotatable bonds is 7. The molecule has 0 aliphatic carbocycles. The van der Waals surface area contributed by atoms with Crippen molar-refractivity contribution in [2.45, 2.75) is 45.7 Å². The average molecular weight is 386 g/mol. The van der Waals surface area contributed by atoms with E-state index in [1.165, 1.54) is 31.2 Å². The first-order valence-corrected chi connectivity index (χ1v) is 9.03. The van der Waals surface area contributed by atoms with Gasteiger partial charge in [0.05, 0.1) is 7.11 Å². The molecule has 150 valence electrons. The van der Waals surface area contributed by atoms with Crippen LogP contribution in [0, 0.1) is 6.92 Å². The van der Waals surface area contributed by atoms with Gasteiger partial charge in [-0.1, -0.05) is 31.2 Å². The molecule has 0 fully saturated rings. The van der Waals surface area contributed by atoms with Crippen molar-refractivity contribution in [1.82, 2.24) is 9.88 Å². The van der Waals surface area contributed by atoms with Crippen LogP contribution >= 0.6 is 0 Å². The summed E-state index contributed by atoms with van der Waals surface area (Å²) in [5.41, 5.74) is 1.84. The number of methoxy groups -OCH3 is 1. The van der Waals surface area contributed by atoms with Crippen molar-refractivity contribution in [3.8, 4) is 11.5 Å². The summed E-state index contributed by atoms with van der Waals surface area (Å²) in [7, 11) is 1.36. The van der Waals surface area contributed by atoms with Gasteiger partial charge in [-0.2, -0.15) is 0 Å². The molecule has 0 saturated heterocycles. The molecule has 1 aromatic carbocycles. The highest BCUT2D eigenvalue weighted by Crippen LogP contribution is 2.32. The van der Waals surface area contributed by atoms with Crippen LogP contribution in [0.4, 0.5) is 0 Å². The van der Waals surface area contributed by atoms with Gasteiger partial charge in [-0.3, -0.25) is 4.79 Å². The molecule has 0 bridgehead atoms. The van der Waals surface area contributed by atoms with Gasteiger partial charge in [0.25, 0.3) is 5.91 Å². The molecule has 1 amide bonds. The smallest absolute Gasteiger partial charge is 0.326 e. The van der Waals surface area contributed by atoms with Crippen LogP contribution in [0.2, 0.25) is 0 Å². The van der Waals surface area contributed by atoms with E-state index in [0.717, 1.165) is 11.1 Å². The molecular formula is C21H26N2O5. The van der Waals surface area contributed by atoms with Gasteiger partial charge in [0.1, 0.15) is 6.04 Å². The Morgan fingerprint density at radius 1 is 1.14 bits per heavy atom. The van der Waals surface area contributed by atoms with E-state index in [0.29, 0.717) is 0 Å². The maximum Gasteiger partial charge on any atom is 0.326 e. The van der Waals surface area contributed by atoms with Crippen LogP contribution in [0.5, 0.6) is 11.5 Å². The van der Waals surface area contributed by atoms with Crippen molar-refractivity contribution < 1.29 is 24.5 Å². The average Bonchev–Trinajstić information content (AvgIpc) is 2.67. The third-order valence-electron chi connectivity index (χ3n) is 5.16. The number of carboxylic acids is 1. The van der Waals surface area contributed by atoms with E-state index < -0.39 is 29.7 Å². The lowest BCUT2D eigenvalue weighted by molar-refractivity contribution is -0.142. The molecule has 0 saturated carbocycles. The maximum atomic E-state index is 13.2. The molecule has 0 radical (unpaired) electrons. The summed E-state index contributed by atoms with van der Waals surface area (Å²) in [6.45, 7) is 7.16. The molecule has 2 rings (SSSR count). The SMILES string of the molecule is COc1ccnc(C(=O)N(C(C)C(C)c2ccccc2C)[C@@H](C)C(=O)O)c1O. The highest BCUT2D eigenvalue weighted by atomic mass is 16.5. The molecule has 7 nitrogen and oxygen atoms in total. The number of benzene rings is 1. The molecule has 3 atom stereocenters. The number of carbonyl (C=O) groups excluding carboxylic acids is 1. The van der Waals surface area contributed by atoms with Crippen LogP contribution in [0.1, 0.15) is 48.3 Å². The van der Waals surface area contributed by atoms with Gasteiger partial charge in [0, 0.05) is 24.2 Å². The second kappa shape index (κ2) is 8.73. The van der Waals surface area contributed by atoms with Gasteiger partial charge in [-0.25, -0.2) is 9.78 Å². The van der Waals surface area contributed by atoms with Crippen molar-refractivity contribution in [1.29, 1.82) is 0 Å². The number of ether oxygens (including phenoxy) is 1. The monoisotopic (exact) mass is 386 g/mol. The highest BCUT2D eigenvalue weighted by molar-refractivity contribution is 5.98. The number of nitrogens with zero attached hydrogens (tertiary/aromatic N) is 2. The first-order valence-electron chi connectivity index (χ1n) is 9.03. The summed E-state index contributed by atoms with van der Waals surface area (Å²) in [5.74, 6) is -2.26. The van der Waals surface area contributed by atoms with E-state index in [1.54, 1.807) is 6.92 Å². The number of hydrogen-bond acceptors (Lipinski definition) is 5. The van der Waals surface area contributed by atoms with Gasteiger partial charge in [0.15, 0.2) is 17.2 Å². The van der Waals surface area contributed by atoms with Crippen molar-refractivity contribution in [3.63, 3.8) is 0 Å². The second-order valence-corrected chi connectivity index (χ2v) is 6.82. The van der Waals surface area contributed by atoms with E-state index in [2.05, 4.69) is 4.98 Å². The fourth-order valence-corrected chi connectivity index (χ4v) is 3.31. The summed E-state index contributed by atoms with van der Waals surface area (Å²) in [5, 5.41) is 19.9. The highest BCUT2D eigenvalue weighted by Gasteiger charge is 2.36. The number of carbonyl (C=O) groups is 2. The predicted octanol–water partition coefficient (Wildman–Crippen LogP) is 3.21. The molecule has 2 N–H and O–H groups in total. The van der Waals surface area contributed by atoms with Crippen LogP contribution in [-0.2, 0) is 4.79 Å². The molecule has 7 heteroatoms. The summed E-state index contributed by atoms with van der Waals surface area (Å²) in [4.78, 5) is 30.2. The van der Waals surface area contributed by atoms with Gasteiger partial charge in [-0.05, 0) is 31.9 Å². The molecule has 1 heterocycles. The molecule has 2 unspecified atom stereocenters. The standard InChI is InChI=1S/C21H26N2O5/c1-12-8-6-7-9-16(12)13(2)14(3)23(15(4)21(26)27)20(25)18-19(24)17(28-5)10-11-22-18/h6-11,13-15,24H,1-5H3,(H,26,27)/t13?,14?,15-/m0/s1.